The van der Waals surface area contributed by atoms with Crippen molar-refractivity contribution in [1.29, 1.82) is 0 Å². The van der Waals surface area contributed by atoms with E-state index in [2.05, 4.69) is 10.3 Å². The van der Waals surface area contributed by atoms with E-state index < -0.39 is 18.7 Å². The molecular weight excluding hydrogens is 429 g/mol. The summed E-state index contributed by atoms with van der Waals surface area (Å²) < 4.78 is 47.4. The van der Waals surface area contributed by atoms with Crippen LogP contribution in [0.5, 0.6) is 11.5 Å². The van der Waals surface area contributed by atoms with Crippen LogP contribution in [0.4, 0.5) is 18.9 Å². The second kappa shape index (κ2) is 8.71. The first-order valence-corrected chi connectivity index (χ1v) is 9.42. The average molecular weight is 443 g/mol. The van der Waals surface area contributed by atoms with Crippen molar-refractivity contribution in [1.82, 2.24) is 4.98 Å². The van der Waals surface area contributed by atoms with Gasteiger partial charge >= 0.3 is 6.18 Å². The van der Waals surface area contributed by atoms with Gasteiger partial charge in [-0.1, -0.05) is 23.7 Å². The molecule has 1 N–H and O–H groups in total. The van der Waals surface area contributed by atoms with E-state index in [4.69, 9.17) is 21.1 Å². The molecule has 0 saturated heterocycles. The third kappa shape index (κ3) is 5.39. The highest BCUT2D eigenvalue weighted by Gasteiger charge is 2.29. The summed E-state index contributed by atoms with van der Waals surface area (Å²) in [4.78, 5) is 16.9. The molecule has 0 saturated carbocycles. The summed E-state index contributed by atoms with van der Waals surface area (Å²) in [6.45, 7) is -1.49. The number of anilines is 1. The minimum Gasteiger partial charge on any atom is -0.496 e. The number of thiazole rings is 1. The van der Waals surface area contributed by atoms with Crippen LogP contribution < -0.4 is 14.8 Å². The Kier molecular flexibility index (Phi) is 6.29. The first-order valence-electron chi connectivity index (χ1n) is 8.16. The van der Waals surface area contributed by atoms with Crippen LogP contribution in [0.3, 0.4) is 0 Å². The molecule has 0 fully saturated rings. The molecule has 5 nitrogen and oxygen atoms in total. The van der Waals surface area contributed by atoms with Crippen LogP contribution in [-0.2, 0) is 0 Å². The van der Waals surface area contributed by atoms with Gasteiger partial charge in [0.15, 0.2) is 6.61 Å². The number of aromatic nitrogens is 1. The van der Waals surface area contributed by atoms with Gasteiger partial charge in [0.05, 0.1) is 18.4 Å². The fourth-order valence-electron chi connectivity index (χ4n) is 2.39. The summed E-state index contributed by atoms with van der Waals surface area (Å²) >= 11 is 7.13. The third-order valence-corrected chi connectivity index (χ3v) is 4.77. The van der Waals surface area contributed by atoms with E-state index in [0.717, 1.165) is 5.56 Å². The van der Waals surface area contributed by atoms with Crippen LogP contribution >= 0.6 is 22.9 Å². The molecule has 1 aromatic heterocycles. The Morgan fingerprint density at radius 3 is 2.69 bits per heavy atom. The number of halogens is 4. The summed E-state index contributed by atoms with van der Waals surface area (Å²) in [6.07, 6.45) is -4.51. The molecule has 3 rings (SSSR count). The highest BCUT2D eigenvalue weighted by Crippen LogP contribution is 2.33. The lowest BCUT2D eigenvalue weighted by molar-refractivity contribution is -0.153. The fourth-order valence-corrected chi connectivity index (χ4v) is 3.40. The Balaban J connectivity index is 1.81. The van der Waals surface area contributed by atoms with Crippen LogP contribution in [-0.4, -0.2) is 30.8 Å². The predicted molar refractivity (Wildman–Crippen MR) is 105 cm³/mol. The molecule has 0 bridgehead atoms. The van der Waals surface area contributed by atoms with Crippen molar-refractivity contribution in [3.8, 4) is 22.1 Å². The van der Waals surface area contributed by atoms with Crippen LogP contribution in [0.15, 0.2) is 47.8 Å². The van der Waals surface area contributed by atoms with Crippen molar-refractivity contribution >= 4 is 34.5 Å². The maximum absolute atomic E-state index is 12.6. The summed E-state index contributed by atoms with van der Waals surface area (Å²) in [7, 11) is 1.53. The van der Waals surface area contributed by atoms with Gasteiger partial charge in [-0.15, -0.1) is 11.3 Å². The number of carbonyl (C=O) groups excluding carboxylic acids is 1. The molecule has 3 aromatic rings. The second-order valence-electron chi connectivity index (χ2n) is 5.74. The number of rotatable bonds is 6. The van der Waals surface area contributed by atoms with Crippen molar-refractivity contribution < 1.29 is 27.4 Å². The SMILES string of the molecule is COc1ccccc1-c1nc(C(=O)Nc2cc(Cl)ccc2OCC(F)(F)F)cs1. The lowest BCUT2D eigenvalue weighted by Gasteiger charge is -2.13. The van der Waals surface area contributed by atoms with Gasteiger partial charge in [0.25, 0.3) is 5.91 Å². The van der Waals surface area contributed by atoms with Crippen molar-refractivity contribution in [3.05, 3.63) is 58.6 Å². The molecule has 10 heteroatoms. The number of benzene rings is 2. The summed E-state index contributed by atoms with van der Waals surface area (Å²) in [5.41, 5.74) is 0.826. The van der Waals surface area contributed by atoms with Gasteiger partial charge in [-0.25, -0.2) is 4.98 Å². The van der Waals surface area contributed by atoms with E-state index in [9.17, 15) is 18.0 Å². The standard InChI is InChI=1S/C19H14ClF3N2O3S/c1-27-15-5-3-2-4-12(15)18-25-14(9-29-18)17(26)24-13-8-11(20)6-7-16(13)28-10-19(21,22)23/h2-9H,10H2,1H3,(H,24,26). The Hall–Kier alpha value is -2.78. The number of para-hydroxylation sites is 1. The molecule has 0 aliphatic carbocycles. The zero-order valence-electron chi connectivity index (χ0n) is 14.9. The molecule has 0 aliphatic heterocycles. The van der Waals surface area contributed by atoms with E-state index in [1.165, 1.54) is 42.0 Å². The van der Waals surface area contributed by atoms with Crippen LogP contribution in [0.25, 0.3) is 10.6 Å². The first-order chi connectivity index (χ1) is 13.8. The number of nitrogens with one attached hydrogen (secondary N) is 1. The molecule has 0 atom stereocenters. The van der Waals surface area contributed by atoms with Gasteiger partial charge in [0, 0.05) is 10.4 Å². The van der Waals surface area contributed by atoms with Crippen molar-refractivity contribution in [3.63, 3.8) is 0 Å². The molecule has 1 heterocycles. The van der Waals surface area contributed by atoms with Crippen molar-refractivity contribution in [2.75, 3.05) is 19.0 Å². The molecular formula is C19H14ClF3N2O3S. The number of nitrogens with zero attached hydrogens (tertiary/aromatic N) is 1. The second-order valence-corrected chi connectivity index (χ2v) is 7.03. The van der Waals surface area contributed by atoms with Crippen molar-refractivity contribution in [2.45, 2.75) is 6.18 Å². The largest absolute Gasteiger partial charge is 0.496 e. The number of methoxy groups -OCH3 is 1. The molecule has 152 valence electrons. The molecule has 0 radical (unpaired) electrons. The summed E-state index contributed by atoms with van der Waals surface area (Å²) in [5, 5.41) is 4.83. The lowest BCUT2D eigenvalue weighted by atomic mass is 10.2. The number of hydrogen-bond donors (Lipinski definition) is 1. The molecule has 0 aliphatic rings. The summed E-state index contributed by atoms with van der Waals surface area (Å²) in [5.74, 6) is -0.159. The van der Waals surface area contributed by atoms with Crippen LogP contribution in [0.2, 0.25) is 5.02 Å². The molecule has 1 amide bonds. The Labute approximate surface area is 173 Å². The zero-order chi connectivity index (χ0) is 21.0. The predicted octanol–water partition coefficient (Wildman–Crippen LogP) is 5.67. The van der Waals surface area contributed by atoms with Gasteiger partial charge in [-0.05, 0) is 30.3 Å². The zero-order valence-corrected chi connectivity index (χ0v) is 16.5. The smallest absolute Gasteiger partial charge is 0.422 e. The van der Waals surface area contributed by atoms with E-state index >= 15 is 0 Å². The van der Waals surface area contributed by atoms with Crippen LogP contribution in [0, 0.1) is 0 Å². The van der Waals surface area contributed by atoms with Crippen LogP contribution in [0.1, 0.15) is 10.5 Å². The molecule has 29 heavy (non-hydrogen) atoms. The van der Waals surface area contributed by atoms with E-state index in [1.54, 1.807) is 12.1 Å². The highest BCUT2D eigenvalue weighted by molar-refractivity contribution is 7.13. The maximum Gasteiger partial charge on any atom is 0.422 e. The van der Waals surface area contributed by atoms with Gasteiger partial charge < -0.3 is 14.8 Å². The maximum atomic E-state index is 12.6. The number of alkyl halides is 3. The van der Waals surface area contributed by atoms with E-state index in [0.29, 0.717) is 10.8 Å². The van der Waals surface area contributed by atoms with Gasteiger partial charge in [-0.2, -0.15) is 13.2 Å². The van der Waals surface area contributed by atoms with Gasteiger partial charge in [-0.3, -0.25) is 4.79 Å². The normalized spacial score (nSPS) is 11.2. The topological polar surface area (TPSA) is 60.5 Å². The number of hydrogen-bond acceptors (Lipinski definition) is 5. The third-order valence-electron chi connectivity index (χ3n) is 3.66. The van der Waals surface area contributed by atoms with Crippen molar-refractivity contribution in [2.24, 2.45) is 0 Å². The fraction of sp³-hybridized carbons (Fsp3) is 0.158. The monoisotopic (exact) mass is 442 g/mol. The minimum absolute atomic E-state index is 0.0126. The minimum atomic E-state index is -4.51. The number of carbonyl (C=O) groups is 1. The van der Waals surface area contributed by atoms with E-state index in [-0.39, 0.29) is 22.2 Å². The Morgan fingerprint density at radius 2 is 1.97 bits per heavy atom. The molecule has 0 unspecified atom stereocenters. The number of amides is 1. The average Bonchev–Trinajstić information content (AvgIpc) is 3.17. The Morgan fingerprint density at radius 1 is 1.21 bits per heavy atom. The molecule has 2 aromatic carbocycles. The summed E-state index contributed by atoms with van der Waals surface area (Å²) in [6, 6.07) is 11.1. The lowest BCUT2D eigenvalue weighted by Crippen LogP contribution is -2.20. The van der Waals surface area contributed by atoms with Gasteiger partial charge in [0.2, 0.25) is 0 Å². The van der Waals surface area contributed by atoms with Gasteiger partial charge in [0.1, 0.15) is 22.2 Å². The molecule has 0 spiro atoms. The van der Waals surface area contributed by atoms with E-state index in [1.807, 2.05) is 12.1 Å². The number of ether oxygens (including phenoxy) is 2. The quantitative estimate of drug-likeness (QED) is 0.534. The Bertz CT molecular complexity index is 1020. The first kappa shape index (κ1) is 20.9. The highest BCUT2D eigenvalue weighted by atomic mass is 35.5.